The molecule has 0 fully saturated rings. The van der Waals surface area contributed by atoms with Gasteiger partial charge in [-0.15, -0.1) is 0 Å². The average Bonchev–Trinajstić information content (AvgIpc) is 2.76. The van der Waals surface area contributed by atoms with Gasteiger partial charge in [0, 0.05) is 24.6 Å². The van der Waals surface area contributed by atoms with Gasteiger partial charge in [-0.25, -0.2) is 4.79 Å². The van der Waals surface area contributed by atoms with Gasteiger partial charge in [-0.3, -0.25) is 0 Å². The standard InChI is InChI=1S/C15H22N2O2/c1-15(2,3)10-17-14(18)16-8-11-9-19-13-7-5-4-6-12(11)13/h4-7,11H,8-10H2,1-3H3,(H2,16,17,18). The molecule has 1 aromatic carbocycles. The van der Waals surface area contributed by atoms with E-state index in [1.165, 1.54) is 5.56 Å². The first kappa shape index (κ1) is 13.7. The Morgan fingerprint density at radius 3 is 2.79 bits per heavy atom. The summed E-state index contributed by atoms with van der Waals surface area (Å²) in [6.45, 7) is 8.18. The van der Waals surface area contributed by atoms with Crippen molar-refractivity contribution in [3.63, 3.8) is 0 Å². The predicted octanol–water partition coefficient (Wildman–Crippen LogP) is 2.51. The lowest BCUT2D eigenvalue weighted by atomic mass is 9.97. The Kier molecular flexibility index (Phi) is 3.98. The molecule has 0 spiro atoms. The van der Waals surface area contributed by atoms with E-state index in [4.69, 9.17) is 4.74 Å². The van der Waals surface area contributed by atoms with Crippen LogP contribution in [0.15, 0.2) is 24.3 Å². The maximum Gasteiger partial charge on any atom is 0.314 e. The lowest BCUT2D eigenvalue weighted by molar-refractivity contribution is 0.234. The number of benzene rings is 1. The van der Waals surface area contributed by atoms with E-state index < -0.39 is 0 Å². The maximum absolute atomic E-state index is 11.7. The number of fused-ring (bicyclic) bond motifs is 1. The number of hydrogen-bond acceptors (Lipinski definition) is 2. The van der Waals surface area contributed by atoms with Gasteiger partial charge in [-0.1, -0.05) is 39.0 Å². The zero-order chi connectivity index (χ0) is 13.9. The Labute approximate surface area is 114 Å². The largest absolute Gasteiger partial charge is 0.493 e. The predicted molar refractivity (Wildman–Crippen MR) is 75.5 cm³/mol. The van der Waals surface area contributed by atoms with Gasteiger partial charge in [0.1, 0.15) is 5.75 Å². The molecule has 0 saturated carbocycles. The molecule has 2 rings (SSSR count). The van der Waals surface area contributed by atoms with Crippen molar-refractivity contribution >= 4 is 6.03 Å². The van der Waals surface area contributed by atoms with Crippen molar-refractivity contribution in [1.29, 1.82) is 0 Å². The molecular weight excluding hydrogens is 240 g/mol. The van der Waals surface area contributed by atoms with Crippen LogP contribution in [0, 0.1) is 5.41 Å². The number of rotatable bonds is 3. The monoisotopic (exact) mass is 262 g/mol. The zero-order valence-electron chi connectivity index (χ0n) is 11.8. The Balaban J connectivity index is 1.79. The Hall–Kier alpha value is -1.71. The fourth-order valence-electron chi connectivity index (χ4n) is 2.02. The SMILES string of the molecule is CC(C)(C)CNC(=O)NCC1COc2ccccc21. The van der Waals surface area contributed by atoms with E-state index in [1.807, 2.05) is 18.2 Å². The van der Waals surface area contributed by atoms with Crippen LogP contribution in [0.2, 0.25) is 0 Å². The molecule has 1 aromatic rings. The third-order valence-corrected chi connectivity index (χ3v) is 3.09. The summed E-state index contributed by atoms with van der Waals surface area (Å²) in [6, 6.07) is 7.88. The third-order valence-electron chi connectivity index (χ3n) is 3.09. The number of hydrogen-bond donors (Lipinski definition) is 2. The van der Waals surface area contributed by atoms with Crippen LogP contribution in [0.5, 0.6) is 5.75 Å². The van der Waals surface area contributed by atoms with Crippen molar-refractivity contribution in [2.45, 2.75) is 26.7 Å². The summed E-state index contributed by atoms with van der Waals surface area (Å²) in [5.74, 6) is 1.18. The van der Waals surface area contributed by atoms with Crippen LogP contribution in [-0.4, -0.2) is 25.7 Å². The van der Waals surface area contributed by atoms with E-state index in [0.29, 0.717) is 19.7 Å². The van der Waals surface area contributed by atoms with Crippen molar-refractivity contribution < 1.29 is 9.53 Å². The molecule has 1 heterocycles. The van der Waals surface area contributed by atoms with Crippen molar-refractivity contribution in [3.8, 4) is 5.75 Å². The number of urea groups is 1. The van der Waals surface area contributed by atoms with E-state index in [0.717, 1.165) is 5.75 Å². The summed E-state index contributed by atoms with van der Waals surface area (Å²) >= 11 is 0. The first-order valence-electron chi connectivity index (χ1n) is 6.69. The summed E-state index contributed by atoms with van der Waals surface area (Å²) in [5.41, 5.74) is 1.28. The number of nitrogens with one attached hydrogen (secondary N) is 2. The fraction of sp³-hybridized carbons (Fsp3) is 0.533. The fourth-order valence-corrected chi connectivity index (χ4v) is 2.02. The molecule has 2 N–H and O–H groups in total. The second-order valence-corrected chi connectivity index (χ2v) is 6.17. The van der Waals surface area contributed by atoms with Crippen molar-refractivity contribution in [3.05, 3.63) is 29.8 Å². The van der Waals surface area contributed by atoms with Crippen molar-refractivity contribution in [2.24, 2.45) is 5.41 Å². The van der Waals surface area contributed by atoms with E-state index in [-0.39, 0.29) is 17.4 Å². The lowest BCUT2D eigenvalue weighted by Crippen LogP contribution is -2.41. The van der Waals surface area contributed by atoms with Crippen LogP contribution < -0.4 is 15.4 Å². The normalized spacial score (nSPS) is 17.5. The maximum atomic E-state index is 11.7. The second kappa shape index (κ2) is 5.51. The van der Waals surface area contributed by atoms with Gasteiger partial charge in [-0.2, -0.15) is 0 Å². The summed E-state index contributed by atoms with van der Waals surface area (Å²) in [4.78, 5) is 11.7. The zero-order valence-corrected chi connectivity index (χ0v) is 11.8. The molecule has 0 radical (unpaired) electrons. The molecule has 0 bridgehead atoms. The molecule has 4 heteroatoms. The Morgan fingerprint density at radius 2 is 2.05 bits per heavy atom. The number of carbonyl (C=O) groups is 1. The van der Waals surface area contributed by atoms with Crippen LogP contribution >= 0.6 is 0 Å². The molecule has 104 valence electrons. The summed E-state index contributed by atoms with van der Waals surface area (Å²) in [5, 5.41) is 5.79. The van der Waals surface area contributed by atoms with Crippen LogP contribution in [0.3, 0.4) is 0 Å². The van der Waals surface area contributed by atoms with Gasteiger partial charge in [-0.05, 0) is 11.5 Å². The molecule has 1 aliphatic rings. The summed E-state index contributed by atoms with van der Waals surface area (Å²) in [6.07, 6.45) is 0. The summed E-state index contributed by atoms with van der Waals surface area (Å²) in [7, 11) is 0. The van der Waals surface area contributed by atoms with Crippen molar-refractivity contribution in [1.82, 2.24) is 10.6 Å². The molecule has 2 amide bonds. The van der Waals surface area contributed by atoms with E-state index in [9.17, 15) is 4.79 Å². The van der Waals surface area contributed by atoms with Gasteiger partial charge in [0.2, 0.25) is 0 Å². The molecule has 0 aromatic heterocycles. The number of carbonyl (C=O) groups excluding carboxylic acids is 1. The minimum absolute atomic E-state index is 0.0976. The highest BCUT2D eigenvalue weighted by atomic mass is 16.5. The molecular formula is C15H22N2O2. The second-order valence-electron chi connectivity index (χ2n) is 6.17. The first-order chi connectivity index (χ1) is 8.96. The highest BCUT2D eigenvalue weighted by molar-refractivity contribution is 5.74. The van der Waals surface area contributed by atoms with Gasteiger partial charge < -0.3 is 15.4 Å². The van der Waals surface area contributed by atoms with Crippen LogP contribution in [0.4, 0.5) is 4.79 Å². The number of ether oxygens (including phenoxy) is 1. The van der Waals surface area contributed by atoms with Crippen LogP contribution in [-0.2, 0) is 0 Å². The topological polar surface area (TPSA) is 50.4 Å². The minimum atomic E-state index is -0.112. The Morgan fingerprint density at radius 1 is 1.32 bits per heavy atom. The Bertz CT molecular complexity index is 452. The first-order valence-corrected chi connectivity index (χ1v) is 6.69. The molecule has 19 heavy (non-hydrogen) atoms. The van der Waals surface area contributed by atoms with Gasteiger partial charge in [0.05, 0.1) is 6.61 Å². The molecule has 1 aliphatic heterocycles. The molecule has 0 saturated heterocycles. The van der Waals surface area contributed by atoms with Crippen LogP contribution in [0.1, 0.15) is 32.3 Å². The molecule has 1 unspecified atom stereocenters. The van der Waals surface area contributed by atoms with Crippen LogP contribution in [0.25, 0.3) is 0 Å². The summed E-state index contributed by atoms with van der Waals surface area (Å²) < 4.78 is 5.59. The smallest absolute Gasteiger partial charge is 0.314 e. The van der Waals surface area contributed by atoms with Gasteiger partial charge in [0.25, 0.3) is 0 Å². The molecule has 1 atom stereocenters. The van der Waals surface area contributed by atoms with E-state index >= 15 is 0 Å². The highest BCUT2D eigenvalue weighted by Crippen LogP contribution is 2.32. The van der Waals surface area contributed by atoms with E-state index in [2.05, 4.69) is 37.5 Å². The molecule has 0 aliphatic carbocycles. The van der Waals surface area contributed by atoms with Gasteiger partial charge in [0.15, 0.2) is 0 Å². The van der Waals surface area contributed by atoms with Gasteiger partial charge >= 0.3 is 6.03 Å². The minimum Gasteiger partial charge on any atom is -0.493 e. The lowest BCUT2D eigenvalue weighted by Gasteiger charge is -2.19. The average molecular weight is 262 g/mol. The number of para-hydroxylation sites is 1. The quantitative estimate of drug-likeness (QED) is 0.879. The van der Waals surface area contributed by atoms with E-state index in [1.54, 1.807) is 0 Å². The molecule has 4 nitrogen and oxygen atoms in total. The third kappa shape index (κ3) is 3.88. The highest BCUT2D eigenvalue weighted by Gasteiger charge is 2.23. The van der Waals surface area contributed by atoms with Crippen molar-refractivity contribution in [2.75, 3.05) is 19.7 Å². The number of amides is 2.